The summed E-state index contributed by atoms with van der Waals surface area (Å²) in [5, 5.41) is 11.5. The number of ether oxygens (including phenoxy) is 4. The number of aryl methyl sites for hydroxylation is 3. The third kappa shape index (κ3) is 20.9. The standard InChI is InChI=1S/C14H18FNO4.C9H8BrFO2.C9H9FO2.C8H7FO2.C7H6BrF/c1-14(2,3)20-13(18)16-8-9-5-6-10(11(15)7-9)12(17)19-4;1-13-9(12)7-3-2-6(5-10)4-8(7)11;1-6-3-4-7(8(10)5-6)9(11)12-2;1-5-2-3-6(8(10)11)7(9)4-5;1-5-2-3-6(8)7(9)4-5/h5-7H,8H2,1-4H3,(H,16,18);2-4H,5H2,1H3;3-5H,1-2H3;2-4H,1H3,(H,10,11);2-4H,1H3. The Kier molecular flexibility index (Phi) is 24.4. The highest BCUT2D eigenvalue weighted by Crippen LogP contribution is 2.17. The maximum Gasteiger partial charge on any atom is 0.407 e. The van der Waals surface area contributed by atoms with Gasteiger partial charge in [0, 0.05) is 11.9 Å². The van der Waals surface area contributed by atoms with Gasteiger partial charge in [0.15, 0.2) is 0 Å². The highest BCUT2D eigenvalue weighted by atomic mass is 79.9. The lowest BCUT2D eigenvalue weighted by Gasteiger charge is -2.19. The summed E-state index contributed by atoms with van der Waals surface area (Å²) in [5.41, 5.74) is 2.65. The second-order valence-electron chi connectivity index (χ2n) is 14.3. The topological polar surface area (TPSA) is 155 Å². The molecule has 0 aliphatic carbocycles. The molecule has 5 aromatic carbocycles. The minimum Gasteiger partial charge on any atom is -0.478 e. The van der Waals surface area contributed by atoms with Crippen LogP contribution in [0.25, 0.3) is 0 Å². The maximum absolute atomic E-state index is 13.6. The third-order valence-electron chi connectivity index (χ3n) is 7.83. The largest absolute Gasteiger partial charge is 0.478 e. The minimum absolute atomic E-state index is 0.0249. The number of carboxylic acids is 1. The van der Waals surface area contributed by atoms with Crippen molar-refractivity contribution in [2.45, 2.75) is 59.0 Å². The number of aromatic carboxylic acids is 1. The number of carbonyl (C=O) groups excluding carboxylic acids is 4. The van der Waals surface area contributed by atoms with Crippen LogP contribution >= 0.6 is 31.9 Å². The van der Waals surface area contributed by atoms with Gasteiger partial charge in [-0.05, 0) is 146 Å². The Labute approximate surface area is 390 Å². The van der Waals surface area contributed by atoms with Gasteiger partial charge in [-0.25, -0.2) is 45.9 Å². The smallest absolute Gasteiger partial charge is 0.407 e. The molecule has 0 atom stereocenters. The number of benzene rings is 5. The Bertz CT molecular complexity index is 2430. The van der Waals surface area contributed by atoms with E-state index in [0.717, 1.165) is 16.7 Å². The van der Waals surface area contributed by atoms with Crippen molar-refractivity contribution in [1.82, 2.24) is 5.32 Å². The molecule has 0 saturated heterocycles. The summed E-state index contributed by atoms with van der Waals surface area (Å²) in [7, 11) is 3.63. The van der Waals surface area contributed by atoms with Gasteiger partial charge in [0.2, 0.25) is 0 Å². The number of methoxy groups -OCH3 is 3. The number of alkyl halides is 1. The van der Waals surface area contributed by atoms with Crippen LogP contribution in [0, 0.1) is 49.9 Å². The molecule has 0 aromatic heterocycles. The van der Waals surface area contributed by atoms with Gasteiger partial charge in [-0.1, -0.05) is 46.3 Å². The third-order valence-corrected chi connectivity index (χ3v) is 9.12. The fraction of sp³-hybridized carbons (Fsp3) is 0.255. The van der Waals surface area contributed by atoms with Crippen molar-refractivity contribution in [1.29, 1.82) is 0 Å². The monoisotopic (exact) mass is 1040 g/mol. The lowest BCUT2D eigenvalue weighted by atomic mass is 10.1. The van der Waals surface area contributed by atoms with E-state index in [1.54, 1.807) is 58.9 Å². The molecule has 18 heteroatoms. The molecule has 0 fully saturated rings. The van der Waals surface area contributed by atoms with Crippen molar-refractivity contribution in [3.8, 4) is 0 Å². The first-order valence-electron chi connectivity index (χ1n) is 18.9. The predicted octanol–water partition coefficient (Wildman–Crippen LogP) is 11.8. The first-order valence-corrected chi connectivity index (χ1v) is 20.8. The maximum atomic E-state index is 13.6. The molecule has 11 nitrogen and oxygen atoms in total. The van der Waals surface area contributed by atoms with E-state index < -0.39 is 58.8 Å². The summed E-state index contributed by atoms with van der Waals surface area (Å²) in [4.78, 5) is 54.8. The van der Waals surface area contributed by atoms with E-state index in [-0.39, 0.29) is 34.6 Å². The lowest BCUT2D eigenvalue weighted by Crippen LogP contribution is -2.32. The van der Waals surface area contributed by atoms with E-state index in [1.807, 2.05) is 13.0 Å². The van der Waals surface area contributed by atoms with Crippen molar-refractivity contribution >= 4 is 61.8 Å². The fourth-order valence-corrected chi connectivity index (χ4v) is 5.24. The second kappa shape index (κ2) is 27.9. The number of carbonyl (C=O) groups is 5. The van der Waals surface area contributed by atoms with Crippen LogP contribution in [-0.4, -0.2) is 62.0 Å². The molecule has 65 heavy (non-hydrogen) atoms. The van der Waals surface area contributed by atoms with Gasteiger partial charge in [0.05, 0.1) is 48.1 Å². The molecule has 1 amide bonds. The summed E-state index contributed by atoms with van der Waals surface area (Å²) in [5.74, 6) is -5.94. The van der Waals surface area contributed by atoms with Crippen LogP contribution in [0.15, 0.2) is 95.5 Å². The first-order chi connectivity index (χ1) is 30.4. The summed E-state index contributed by atoms with van der Waals surface area (Å²) < 4.78 is 83.8. The van der Waals surface area contributed by atoms with E-state index in [2.05, 4.69) is 51.4 Å². The number of amides is 1. The van der Waals surface area contributed by atoms with E-state index in [1.165, 1.54) is 82.0 Å². The van der Waals surface area contributed by atoms with Crippen molar-refractivity contribution in [2.75, 3.05) is 21.3 Å². The zero-order chi connectivity index (χ0) is 49.6. The number of halogens is 7. The lowest BCUT2D eigenvalue weighted by molar-refractivity contribution is 0.0519. The van der Waals surface area contributed by atoms with Crippen LogP contribution < -0.4 is 5.32 Å². The van der Waals surface area contributed by atoms with Crippen molar-refractivity contribution in [3.05, 3.63) is 175 Å². The van der Waals surface area contributed by atoms with Crippen molar-refractivity contribution in [3.63, 3.8) is 0 Å². The molecule has 0 radical (unpaired) electrons. The van der Waals surface area contributed by atoms with E-state index >= 15 is 0 Å². The Balaban J connectivity index is 0.000000418. The molecule has 2 N–H and O–H groups in total. The van der Waals surface area contributed by atoms with Gasteiger partial charge in [-0.15, -0.1) is 0 Å². The van der Waals surface area contributed by atoms with Gasteiger partial charge >= 0.3 is 30.0 Å². The normalized spacial score (nSPS) is 10.0. The van der Waals surface area contributed by atoms with Crippen molar-refractivity contribution in [2.24, 2.45) is 0 Å². The number of nitrogens with one attached hydrogen (secondary N) is 1. The Morgan fingerprint density at radius 3 is 1.25 bits per heavy atom. The van der Waals surface area contributed by atoms with Crippen LogP contribution in [-0.2, 0) is 30.8 Å². The van der Waals surface area contributed by atoms with Crippen molar-refractivity contribution < 1.29 is 70.0 Å². The molecule has 0 bridgehead atoms. The summed E-state index contributed by atoms with van der Waals surface area (Å²) in [6.07, 6.45) is -0.588. The van der Waals surface area contributed by atoms with Gasteiger partial charge in [0.1, 0.15) is 34.7 Å². The number of carboxylic acid groups (broad SMARTS) is 1. The van der Waals surface area contributed by atoms with Gasteiger partial charge in [-0.3, -0.25) is 0 Å². The molecule has 0 saturated carbocycles. The number of esters is 3. The van der Waals surface area contributed by atoms with E-state index in [9.17, 15) is 45.9 Å². The summed E-state index contributed by atoms with van der Waals surface area (Å²) >= 11 is 6.24. The van der Waals surface area contributed by atoms with Crippen LogP contribution in [0.4, 0.5) is 26.7 Å². The van der Waals surface area contributed by atoms with Crippen LogP contribution in [0.1, 0.15) is 90.0 Å². The van der Waals surface area contributed by atoms with Gasteiger partial charge in [0.25, 0.3) is 0 Å². The molecule has 5 aromatic rings. The molecule has 0 unspecified atom stereocenters. The molecule has 0 aliphatic rings. The second-order valence-corrected chi connectivity index (χ2v) is 15.7. The molecular formula is C47H48Br2F5NO10. The summed E-state index contributed by atoms with van der Waals surface area (Å²) in [6, 6.07) is 21.8. The summed E-state index contributed by atoms with van der Waals surface area (Å²) in [6.45, 7) is 10.7. The average molecular weight is 1040 g/mol. The van der Waals surface area contributed by atoms with Gasteiger partial charge in [-0.2, -0.15) is 0 Å². The van der Waals surface area contributed by atoms with Gasteiger partial charge < -0.3 is 29.4 Å². The number of rotatable bonds is 7. The number of alkyl carbamates (subject to hydrolysis) is 1. The highest BCUT2D eigenvalue weighted by molar-refractivity contribution is 9.10. The van der Waals surface area contributed by atoms with E-state index in [4.69, 9.17) is 9.84 Å². The van der Waals surface area contributed by atoms with Crippen LogP contribution in [0.3, 0.4) is 0 Å². The number of hydrogen-bond donors (Lipinski definition) is 2. The predicted molar refractivity (Wildman–Crippen MR) is 241 cm³/mol. The molecule has 5 rings (SSSR count). The molecule has 350 valence electrons. The minimum atomic E-state index is -1.23. The molecule has 0 heterocycles. The molecular weight excluding hydrogens is 993 g/mol. The Hall–Kier alpha value is -6.14. The highest BCUT2D eigenvalue weighted by Gasteiger charge is 2.17. The Morgan fingerprint density at radius 1 is 0.554 bits per heavy atom. The number of hydrogen-bond acceptors (Lipinski definition) is 9. The Morgan fingerprint density at radius 2 is 0.908 bits per heavy atom. The average Bonchev–Trinajstić information content (AvgIpc) is 3.23. The zero-order valence-electron chi connectivity index (χ0n) is 36.8. The first kappa shape index (κ1) is 56.9. The SMILES string of the molecule is COC(=O)c1ccc(C)cc1F.COC(=O)c1ccc(CBr)cc1F.COC(=O)c1ccc(CNC(=O)OC(C)(C)C)cc1F.Cc1ccc(Br)c(F)c1.Cc1ccc(C(=O)O)c(F)c1. The molecule has 0 spiro atoms. The molecule has 0 aliphatic heterocycles. The zero-order valence-corrected chi connectivity index (χ0v) is 40.0. The van der Waals surface area contributed by atoms with Crippen LogP contribution in [0.2, 0.25) is 0 Å². The fourth-order valence-electron chi connectivity index (χ4n) is 4.64. The van der Waals surface area contributed by atoms with Crippen LogP contribution in [0.5, 0.6) is 0 Å². The van der Waals surface area contributed by atoms with E-state index in [0.29, 0.717) is 20.9 Å². The quantitative estimate of drug-likeness (QED) is 0.0697.